The van der Waals surface area contributed by atoms with E-state index >= 15 is 0 Å². The van der Waals surface area contributed by atoms with Crippen LogP contribution in [0.5, 0.6) is 0 Å². The zero-order valence-corrected chi connectivity index (χ0v) is 11.8. The molecule has 0 bridgehead atoms. The zero-order chi connectivity index (χ0) is 14.4. The van der Waals surface area contributed by atoms with Gasteiger partial charge in [0.05, 0.1) is 6.33 Å². The van der Waals surface area contributed by atoms with Crippen LogP contribution in [0.4, 0.5) is 5.82 Å². The Balaban J connectivity index is 1.63. The fourth-order valence-corrected chi connectivity index (χ4v) is 3.07. The Morgan fingerprint density at radius 1 is 1.14 bits per heavy atom. The third-order valence-electron chi connectivity index (χ3n) is 4.48. The van der Waals surface area contributed by atoms with E-state index in [0.29, 0.717) is 6.04 Å². The molecule has 2 fully saturated rings. The number of imidazole rings is 1. The molecule has 0 spiro atoms. The van der Waals surface area contributed by atoms with Gasteiger partial charge in [-0.25, -0.2) is 15.0 Å². The van der Waals surface area contributed by atoms with Crippen LogP contribution in [-0.4, -0.2) is 38.5 Å². The number of fused-ring (bicyclic) bond motifs is 1. The minimum Gasteiger partial charge on any atom is -0.369 e. The molecule has 1 aliphatic carbocycles. The highest BCUT2D eigenvalue weighted by molar-refractivity contribution is 5.84. The first-order valence-electron chi connectivity index (χ1n) is 7.46. The molecule has 1 saturated carbocycles. The van der Waals surface area contributed by atoms with Gasteiger partial charge in [0.15, 0.2) is 17.0 Å². The minimum absolute atomic E-state index is 0.0115. The molecule has 0 atom stereocenters. The molecule has 0 radical (unpaired) electrons. The molecule has 7 heteroatoms. The Morgan fingerprint density at radius 3 is 2.57 bits per heavy atom. The van der Waals surface area contributed by atoms with E-state index in [4.69, 9.17) is 5.73 Å². The van der Waals surface area contributed by atoms with Crippen molar-refractivity contribution in [3.05, 3.63) is 12.7 Å². The number of nitrogens with two attached hydrogens (primary N) is 1. The van der Waals surface area contributed by atoms with E-state index in [1.165, 1.54) is 12.8 Å². The number of carbonyl (C=O) groups excluding carboxylic acids is 1. The van der Waals surface area contributed by atoms with Crippen molar-refractivity contribution in [2.75, 3.05) is 18.0 Å². The summed E-state index contributed by atoms with van der Waals surface area (Å²) in [5.74, 6) is 0.672. The highest BCUT2D eigenvalue weighted by Crippen LogP contribution is 2.37. The number of carbonyl (C=O) groups is 1. The van der Waals surface area contributed by atoms with Crippen LogP contribution >= 0.6 is 0 Å². The van der Waals surface area contributed by atoms with E-state index in [2.05, 4.69) is 24.4 Å². The molecule has 110 valence electrons. The molecule has 21 heavy (non-hydrogen) atoms. The summed E-state index contributed by atoms with van der Waals surface area (Å²) in [6.45, 7) is 1.58. The Bertz CT molecular complexity index is 684. The van der Waals surface area contributed by atoms with E-state index in [-0.39, 0.29) is 11.8 Å². The number of hydrogen-bond donors (Lipinski definition) is 1. The van der Waals surface area contributed by atoms with Crippen LogP contribution in [0.15, 0.2) is 12.7 Å². The van der Waals surface area contributed by atoms with Gasteiger partial charge < -0.3 is 15.2 Å². The van der Waals surface area contributed by atoms with Crippen LogP contribution in [0, 0.1) is 5.92 Å². The van der Waals surface area contributed by atoms with Crippen LogP contribution in [0.1, 0.15) is 31.7 Å². The first kappa shape index (κ1) is 12.6. The van der Waals surface area contributed by atoms with E-state index in [1.807, 2.05) is 6.33 Å². The monoisotopic (exact) mass is 286 g/mol. The number of rotatable bonds is 3. The minimum atomic E-state index is -0.194. The molecule has 2 aliphatic rings. The smallest absolute Gasteiger partial charge is 0.220 e. The number of amides is 1. The Morgan fingerprint density at radius 2 is 1.90 bits per heavy atom. The summed E-state index contributed by atoms with van der Waals surface area (Å²) >= 11 is 0. The first-order chi connectivity index (χ1) is 10.2. The van der Waals surface area contributed by atoms with Crippen LogP contribution in [-0.2, 0) is 4.79 Å². The topological polar surface area (TPSA) is 89.9 Å². The van der Waals surface area contributed by atoms with Gasteiger partial charge in [-0.15, -0.1) is 0 Å². The van der Waals surface area contributed by atoms with Gasteiger partial charge in [-0.2, -0.15) is 0 Å². The van der Waals surface area contributed by atoms with Crippen LogP contribution < -0.4 is 10.6 Å². The Hall–Kier alpha value is -2.18. The van der Waals surface area contributed by atoms with Crippen molar-refractivity contribution in [3.8, 4) is 0 Å². The average molecular weight is 286 g/mol. The highest BCUT2D eigenvalue weighted by Gasteiger charge is 2.29. The summed E-state index contributed by atoms with van der Waals surface area (Å²) < 4.78 is 2.15. The van der Waals surface area contributed by atoms with Crippen molar-refractivity contribution in [2.45, 2.75) is 31.7 Å². The van der Waals surface area contributed by atoms with Crippen LogP contribution in [0.2, 0.25) is 0 Å². The van der Waals surface area contributed by atoms with E-state index in [1.54, 1.807) is 6.33 Å². The molecule has 0 aromatic carbocycles. The summed E-state index contributed by atoms with van der Waals surface area (Å²) in [6, 6.07) is 0.554. The predicted molar refractivity (Wildman–Crippen MR) is 77.7 cm³/mol. The third-order valence-corrected chi connectivity index (χ3v) is 4.48. The van der Waals surface area contributed by atoms with Gasteiger partial charge in [0.25, 0.3) is 0 Å². The molecule has 2 aromatic heterocycles. The molecule has 3 heterocycles. The molecule has 1 amide bonds. The second kappa shape index (κ2) is 4.68. The fourth-order valence-electron chi connectivity index (χ4n) is 3.07. The van der Waals surface area contributed by atoms with Gasteiger partial charge in [-0.3, -0.25) is 4.79 Å². The SMILES string of the molecule is NC(=O)C1CCN(c2ncnc3c2ncn3C2CC2)CC1. The highest BCUT2D eigenvalue weighted by atomic mass is 16.1. The summed E-state index contributed by atoms with van der Waals surface area (Å²) in [7, 11) is 0. The number of aromatic nitrogens is 4. The average Bonchev–Trinajstić information content (AvgIpc) is 3.26. The maximum atomic E-state index is 11.3. The molecule has 1 saturated heterocycles. The van der Waals surface area contributed by atoms with E-state index in [0.717, 1.165) is 42.9 Å². The number of anilines is 1. The van der Waals surface area contributed by atoms with Crippen LogP contribution in [0.3, 0.4) is 0 Å². The molecule has 2 aromatic rings. The maximum Gasteiger partial charge on any atom is 0.220 e. The first-order valence-corrected chi connectivity index (χ1v) is 7.46. The van der Waals surface area contributed by atoms with Gasteiger partial charge in [-0.1, -0.05) is 0 Å². The molecule has 7 nitrogen and oxygen atoms in total. The summed E-state index contributed by atoms with van der Waals surface area (Å²) in [4.78, 5) is 26.8. The molecule has 1 aliphatic heterocycles. The third kappa shape index (κ3) is 2.12. The molecule has 4 rings (SSSR count). The van der Waals surface area contributed by atoms with E-state index in [9.17, 15) is 4.79 Å². The van der Waals surface area contributed by atoms with Gasteiger partial charge in [0.1, 0.15) is 6.33 Å². The molecular weight excluding hydrogens is 268 g/mol. The quantitative estimate of drug-likeness (QED) is 0.904. The lowest BCUT2D eigenvalue weighted by Crippen LogP contribution is -2.39. The number of nitrogens with zero attached hydrogens (tertiary/aromatic N) is 5. The molecule has 0 unspecified atom stereocenters. The van der Waals surface area contributed by atoms with Crippen molar-refractivity contribution < 1.29 is 4.79 Å². The van der Waals surface area contributed by atoms with Crippen molar-refractivity contribution in [1.29, 1.82) is 0 Å². The summed E-state index contributed by atoms with van der Waals surface area (Å²) in [5.41, 5.74) is 7.17. The van der Waals surface area contributed by atoms with Crippen molar-refractivity contribution in [3.63, 3.8) is 0 Å². The number of hydrogen-bond acceptors (Lipinski definition) is 5. The van der Waals surface area contributed by atoms with E-state index < -0.39 is 0 Å². The number of piperidine rings is 1. The predicted octanol–water partition coefficient (Wildman–Crippen LogP) is 0.863. The maximum absolute atomic E-state index is 11.3. The lowest BCUT2D eigenvalue weighted by molar-refractivity contribution is -0.122. The van der Waals surface area contributed by atoms with Gasteiger partial charge in [0, 0.05) is 25.0 Å². The lowest BCUT2D eigenvalue weighted by atomic mass is 9.96. The normalized spacial score (nSPS) is 20.1. The molecule has 2 N–H and O–H groups in total. The zero-order valence-electron chi connectivity index (χ0n) is 11.8. The standard InChI is InChI=1S/C14H18N6O/c15-12(21)9-3-5-19(6-4-9)13-11-14(17-7-16-13)20(8-18-11)10-1-2-10/h7-10H,1-6H2,(H2,15,21). The fraction of sp³-hybridized carbons (Fsp3) is 0.571. The van der Waals surface area contributed by atoms with Gasteiger partial charge in [-0.05, 0) is 25.7 Å². The van der Waals surface area contributed by atoms with Crippen LogP contribution in [0.25, 0.3) is 11.2 Å². The van der Waals surface area contributed by atoms with Crippen molar-refractivity contribution >= 4 is 22.9 Å². The second-order valence-corrected chi connectivity index (χ2v) is 5.92. The number of primary amides is 1. The summed E-state index contributed by atoms with van der Waals surface area (Å²) in [6.07, 6.45) is 7.45. The van der Waals surface area contributed by atoms with Crippen molar-refractivity contribution in [1.82, 2.24) is 19.5 Å². The Kier molecular flexibility index (Phi) is 2.80. The second-order valence-electron chi connectivity index (χ2n) is 5.92. The Labute approximate surface area is 122 Å². The summed E-state index contributed by atoms with van der Waals surface area (Å²) in [5, 5.41) is 0. The molecular formula is C14H18N6O. The van der Waals surface area contributed by atoms with Gasteiger partial charge in [0.2, 0.25) is 5.91 Å². The lowest BCUT2D eigenvalue weighted by Gasteiger charge is -2.31. The van der Waals surface area contributed by atoms with Crippen molar-refractivity contribution in [2.24, 2.45) is 11.7 Å². The van der Waals surface area contributed by atoms with Gasteiger partial charge >= 0.3 is 0 Å². The largest absolute Gasteiger partial charge is 0.369 e.